The van der Waals surface area contributed by atoms with Crippen LogP contribution in [-0.2, 0) is 6.42 Å². The van der Waals surface area contributed by atoms with Crippen LogP contribution in [0.4, 0.5) is 0 Å². The van der Waals surface area contributed by atoms with E-state index in [1.165, 1.54) is 0 Å². The van der Waals surface area contributed by atoms with Gasteiger partial charge in [-0.1, -0.05) is 65.7 Å². The van der Waals surface area contributed by atoms with Crippen molar-refractivity contribution in [1.82, 2.24) is 5.32 Å². The molecule has 0 aliphatic rings. The maximum Gasteiger partial charge on any atom is 0.0991 e. The fourth-order valence-electron chi connectivity index (χ4n) is 4.14. The second-order valence-electron chi connectivity index (χ2n) is 8.92. The van der Waals surface area contributed by atoms with Crippen LogP contribution in [0, 0.1) is 28.1 Å². The van der Waals surface area contributed by atoms with Gasteiger partial charge in [-0.3, -0.25) is 0 Å². The smallest absolute Gasteiger partial charge is 0.0991 e. The zero-order chi connectivity index (χ0) is 24.0. The highest BCUT2D eigenvalue weighted by Gasteiger charge is 2.35. The zero-order valence-electron chi connectivity index (χ0n) is 19.0. The van der Waals surface area contributed by atoms with E-state index in [0.29, 0.717) is 15.6 Å². The molecule has 1 N–H and O–H groups in total. The fourth-order valence-corrected chi connectivity index (χ4v) is 4.51. The predicted molar refractivity (Wildman–Crippen MR) is 135 cm³/mol. The highest BCUT2D eigenvalue weighted by molar-refractivity contribution is 6.31. The molecule has 0 aliphatic heterocycles. The second-order valence-corrected chi connectivity index (χ2v) is 9.76. The van der Waals surface area contributed by atoms with Gasteiger partial charge in [0.15, 0.2) is 0 Å². The Morgan fingerprint density at radius 2 is 1.64 bits per heavy atom. The van der Waals surface area contributed by atoms with Crippen molar-refractivity contribution in [1.29, 1.82) is 10.5 Å². The van der Waals surface area contributed by atoms with Crippen LogP contribution in [0.3, 0.4) is 0 Å². The fraction of sp³-hybridized carbons (Fsp3) is 0.286. The first-order valence-corrected chi connectivity index (χ1v) is 11.7. The highest BCUT2D eigenvalue weighted by atomic mass is 35.5. The molecule has 0 saturated heterocycles. The Hall–Kier alpha value is -2.82. The van der Waals surface area contributed by atoms with Crippen molar-refractivity contribution in [2.45, 2.75) is 45.2 Å². The van der Waals surface area contributed by atoms with Crippen molar-refractivity contribution in [2.75, 3.05) is 0 Å². The van der Waals surface area contributed by atoms with Gasteiger partial charge in [0.25, 0.3) is 0 Å². The number of halogens is 2. The van der Waals surface area contributed by atoms with E-state index in [1.807, 2.05) is 80.6 Å². The van der Waals surface area contributed by atoms with E-state index in [4.69, 9.17) is 23.2 Å². The third kappa shape index (κ3) is 6.16. The predicted octanol–water partition coefficient (Wildman–Crippen LogP) is 7.46. The molecule has 0 saturated carbocycles. The van der Waals surface area contributed by atoms with Crippen molar-refractivity contribution in [3.63, 3.8) is 0 Å². The number of hydrogen-bond acceptors (Lipinski definition) is 3. The molecule has 3 rings (SSSR count). The maximum absolute atomic E-state index is 9.93. The Labute approximate surface area is 206 Å². The van der Waals surface area contributed by atoms with E-state index in [-0.39, 0.29) is 18.0 Å². The van der Waals surface area contributed by atoms with Gasteiger partial charge in [0.05, 0.1) is 29.2 Å². The van der Waals surface area contributed by atoms with E-state index in [2.05, 4.69) is 30.4 Å². The van der Waals surface area contributed by atoms with Crippen LogP contribution in [0.15, 0.2) is 72.8 Å². The number of benzene rings is 3. The number of rotatable bonds is 8. The molecule has 0 heterocycles. The molecule has 5 heteroatoms. The average molecular weight is 476 g/mol. The van der Waals surface area contributed by atoms with Gasteiger partial charge in [-0.25, -0.2) is 0 Å². The van der Waals surface area contributed by atoms with Gasteiger partial charge >= 0.3 is 0 Å². The Kier molecular flexibility index (Phi) is 8.17. The quantitative estimate of drug-likeness (QED) is 0.367. The van der Waals surface area contributed by atoms with Crippen molar-refractivity contribution in [2.24, 2.45) is 5.41 Å². The van der Waals surface area contributed by atoms with Crippen LogP contribution < -0.4 is 5.32 Å². The molecule has 3 aromatic carbocycles. The van der Waals surface area contributed by atoms with Crippen LogP contribution in [0.1, 0.15) is 55.0 Å². The van der Waals surface area contributed by atoms with Crippen molar-refractivity contribution in [3.8, 4) is 12.1 Å². The number of nitriles is 2. The Balaban J connectivity index is 2.00. The van der Waals surface area contributed by atoms with Gasteiger partial charge in [0.2, 0.25) is 0 Å². The number of nitrogens with zero attached hydrogens (tertiary/aromatic N) is 2. The third-order valence-corrected chi connectivity index (χ3v) is 6.67. The van der Waals surface area contributed by atoms with Gasteiger partial charge < -0.3 is 5.32 Å². The Morgan fingerprint density at radius 3 is 2.27 bits per heavy atom. The molecule has 0 aliphatic carbocycles. The summed E-state index contributed by atoms with van der Waals surface area (Å²) in [7, 11) is 0. The normalized spacial score (nSPS) is 14.0. The molecule has 0 fully saturated rings. The summed E-state index contributed by atoms with van der Waals surface area (Å²) in [6, 6.07) is 27.6. The molecule has 0 spiro atoms. The van der Waals surface area contributed by atoms with Gasteiger partial charge in [-0.05, 0) is 74.2 Å². The van der Waals surface area contributed by atoms with Crippen LogP contribution in [0.25, 0.3) is 0 Å². The monoisotopic (exact) mass is 475 g/mol. The van der Waals surface area contributed by atoms with Gasteiger partial charge in [0, 0.05) is 22.0 Å². The minimum absolute atomic E-state index is 0.0245. The molecule has 1 unspecified atom stereocenters. The lowest BCUT2D eigenvalue weighted by Gasteiger charge is -2.36. The van der Waals surface area contributed by atoms with E-state index in [1.54, 1.807) is 0 Å². The zero-order valence-corrected chi connectivity index (χ0v) is 20.5. The molecular weight excluding hydrogens is 449 g/mol. The van der Waals surface area contributed by atoms with Crippen molar-refractivity contribution in [3.05, 3.63) is 105 Å². The van der Waals surface area contributed by atoms with Crippen LogP contribution in [0.5, 0.6) is 0 Å². The summed E-state index contributed by atoms with van der Waals surface area (Å²) in [5, 5.41) is 24.4. The summed E-state index contributed by atoms with van der Waals surface area (Å²) in [6.45, 7) is 5.97. The van der Waals surface area contributed by atoms with Gasteiger partial charge in [-0.2, -0.15) is 10.5 Å². The second kappa shape index (κ2) is 10.9. The van der Waals surface area contributed by atoms with E-state index < -0.39 is 5.41 Å². The summed E-state index contributed by atoms with van der Waals surface area (Å²) >= 11 is 12.6. The minimum atomic E-state index is -0.696. The van der Waals surface area contributed by atoms with Crippen molar-refractivity contribution >= 4 is 23.2 Å². The average Bonchev–Trinajstić information content (AvgIpc) is 2.82. The first-order chi connectivity index (χ1) is 15.7. The summed E-state index contributed by atoms with van der Waals surface area (Å²) in [6.07, 6.45) is 0.752. The molecule has 168 valence electrons. The molecule has 3 atom stereocenters. The largest absolute Gasteiger partial charge is 0.305 e. The molecule has 0 bridgehead atoms. The van der Waals surface area contributed by atoms with Gasteiger partial charge in [0.1, 0.15) is 0 Å². The Morgan fingerprint density at radius 1 is 0.939 bits per heavy atom. The van der Waals surface area contributed by atoms with Gasteiger partial charge in [-0.15, -0.1) is 0 Å². The first kappa shape index (κ1) is 24.8. The summed E-state index contributed by atoms with van der Waals surface area (Å²) in [5.74, 6) is 0.0546. The molecule has 0 radical (unpaired) electrons. The van der Waals surface area contributed by atoms with Crippen molar-refractivity contribution < 1.29 is 0 Å². The molecule has 3 aromatic rings. The summed E-state index contributed by atoms with van der Waals surface area (Å²) in [5.41, 5.74) is 3.04. The first-order valence-electron chi connectivity index (χ1n) is 10.9. The topological polar surface area (TPSA) is 59.6 Å². The molecule has 0 aromatic heterocycles. The lowest BCUT2D eigenvalue weighted by Crippen LogP contribution is -2.42. The molecule has 3 nitrogen and oxygen atoms in total. The molecular formula is C28H27Cl2N3. The Bertz CT molecular complexity index is 1170. The highest BCUT2D eigenvalue weighted by Crippen LogP contribution is 2.38. The SMILES string of the molecule is C[C@H](N[C@H](c1ccccc1Cl)C(C)(C)C#N)C(Cc1ccc(Cl)cc1)c1cccc(C#N)c1. The summed E-state index contributed by atoms with van der Waals surface area (Å²) < 4.78 is 0. The number of nitrogens with one attached hydrogen (secondary N) is 1. The standard InChI is InChI=1S/C28H27Cl2N3/c1-19(33-27(28(2,3)18-32)24-9-4-5-10-26(24)30)25(16-20-11-13-23(29)14-12-20)22-8-6-7-21(15-22)17-31/h4-15,19,25,27,33H,16H2,1-3H3/t19-,25?,27+/m0/s1. The van der Waals surface area contributed by atoms with E-state index >= 15 is 0 Å². The van der Waals surface area contributed by atoms with Crippen LogP contribution in [0.2, 0.25) is 10.0 Å². The minimum Gasteiger partial charge on any atom is -0.305 e. The molecule has 33 heavy (non-hydrogen) atoms. The van der Waals surface area contributed by atoms with E-state index in [9.17, 15) is 10.5 Å². The van der Waals surface area contributed by atoms with Crippen LogP contribution in [-0.4, -0.2) is 6.04 Å². The third-order valence-electron chi connectivity index (χ3n) is 6.07. The molecule has 0 amide bonds. The number of hydrogen-bond donors (Lipinski definition) is 1. The lowest BCUT2D eigenvalue weighted by atomic mass is 9.79. The lowest BCUT2D eigenvalue weighted by molar-refractivity contribution is 0.281. The summed E-state index contributed by atoms with van der Waals surface area (Å²) in [4.78, 5) is 0. The maximum atomic E-state index is 9.93. The van der Waals surface area contributed by atoms with E-state index in [0.717, 1.165) is 23.1 Å². The van der Waals surface area contributed by atoms with Crippen LogP contribution >= 0.6 is 23.2 Å².